The lowest BCUT2D eigenvalue weighted by molar-refractivity contribution is 0.374. The maximum absolute atomic E-state index is 5.36. The standard InChI is InChI=1S/C16H17BrN4OS/c1-3-4-14-19-15(22-20-14)11(2)23-16-18-9-10-21(16)13-7-5-12(17)6-8-13/h5-11H,3-4H2,1-2H3/t11-/m1/s1. The molecule has 2 heterocycles. The summed E-state index contributed by atoms with van der Waals surface area (Å²) in [4.78, 5) is 8.90. The van der Waals surface area contributed by atoms with Gasteiger partial charge >= 0.3 is 0 Å². The zero-order valence-corrected chi connectivity index (χ0v) is 15.3. The van der Waals surface area contributed by atoms with Gasteiger partial charge in [-0.05, 0) is 37.6 Å². The molecule has 0 aliphatic carbocycles. The Balaban J connectivity index is 1.77. The van der Waals surface area contributed by atoms with Gasteiger partial charge in [-0.15, -0.1) is 0 Å². The number of thioether (sulfide) groups is 1. The van der Waals surface area contributed by atoms with Gasteiger partial charge in [-0.1, -0.05) is 39.8 Å². The van der Waals surface area contributed by atoms with Crippen molar-refractivity contribution in [3.63, 3.8) is 0 Å². The lowest BCUT2D eigenvalue weighted by Gasteiger charge is -2.09. The third-order valence-electron chi connectivity index (χ3n) is 3.30. The quantitative estimate of drug-likeness (QED) is 0.562. The first kappa shape index (κ1) is 16.3. The maximum Gasteiger partial charge on any atom is 0.239 e. The average Bonchev–Trinajstić information content (AvgIpc) is 3.18. The molecule has 0 saturated heterocycles. The van der Waals surface area contributed by atoms with E-state index in [-0.39, 0.29) is 5.25 Å². The predicted molar refractivity (Wildman–Crippen MR) is 93.8 cm³/mol. The van der Waals surface area contributed by atoms with Crippen molar-refractivity contribution in [1.82, 2.24) is 19.7 Å². The van der Waals surface area contributed by atoms with Crippen molar-refractivity contribution in [3.05, 3.63) is 52.8 Å². The first-order valence-electron chi connectivity index (χ1n) is 7.45. The summed E-state index contributed by atoms with van der Waals surface area (Å²) in [5, 5.41) is 4.96. The molecule has 0 bridgehead atoms. The Kier molecular flexibility index (Phi) is 5.17. The first-order chi connectivity index (χ1) is 11.2. The van der Waals surface area contributed by atoms with E-state index in [0.29, 0.717) is 5.89 Å². The molecule has 0 N–H and O–H groups in total. The Hall–Kier alpha value is -1.60. The second-order valence-electron chi connectivity index (χ2n) is 5.12. The normalized spacial score (nSPS) is 12.5. The molecule has 0 aliphatic rings. The predicted octanol–water partition coefficient (Wildman–Crippen LogP) is 4.82. The van der Waals surface area contributed by atoms with Gasteiger partial charge in [0.2, 0.25) is 5.89 Å². The van der Waals surface area contributed by atoms with Crippen LogP contribution in [0.4, 0.5) is 0 Å². The fourth-order valence-electron chi connectivity index (χ4n) is 2.14. The molecule has 7 heteroatoms. The van der Waals surface area contributed by atoms with E-state index >= 15 is 0 Å². The molecule has 3 rings (SSSR count). The number of halogens is 1. The van der Waals surface area contributed by atoms with E-state index in [2.05, 4.69) is 49.5 Å². The van der Waals surface area contributed by atoms with Crippen LogP contribution in [0, 0.1) is 0 Å². The SMILES string of the molecule is CCCc1noc([C@@H](C)Sc2nccn2-c2ccc(Br)cc2)n1. The largest absolute Gasteiger partial charge is 0.338 e. The molecule has 0 saturated carbocycles. The molecule has 3 aromatic rings. The van der Waals surface area contributed by atoms with Crippen LogP contribution in [0.2, 0.25) is 0 Å². The molecule has 23 heavy (non-hydrogen) atoms. The molecular formula is C16H17BrN4OS. The van der Waals surface area contributed by atoms with Crippen molar-refractivity contribution >= 4 is 27.7 Å². The van der Waals surface area contributed by atoms with Crippen LogP contribution in [0.3, 0.4) is 0 Å². The third kappa shape index (κ3) is 3.84. The van der Waals surface area contributed by atoms with Gasteiger partial charge in [-0.2, -0.15) is 4.98 Å². The molecule has 1 atom stereocenters. The average molecular weight is 393 g/mol. The zero-order valence-electron chi connectivity index (χ0n) is 12.9. The van der Waals surface area contributed by atoms with Gasteiger partial charge in [-0.3, -0.25) is 4.57 Å². The third-order valence-corrected chi connectivity index (χ3v) is 4.90. The Morgan fingerprint density at radius 1 is 1.30 bits per heavy atom. The minimum absolute atomic E-state index is 0.0460. The maximum atomic E-state index is 5.36. The summed E-state index contributed by atoms with van der Waals surface area (Å²) in [6.45, 7) is 4.15. The van der Waals surface area contributed by atoms with E-state index in [4.69, 9.17) is 4.52 Å². The number of rotatable bonds is 6. The molecule has 0 unspecified atom stereocenters. The molecule has 1 aromatic carbocycles. The molecule has 0 fully saturated rings. The Bertz CT molecular complexity index is 768. The van der Waals surface area contributed by atoms with Crippen LogP contribution in [-0.4, -0.2) is 19.7 Å². The minimum Gasteiger partial charge on any atom is -0.338 e. The monoisotopic (exact) mass is 392 g/mol. The van der Waals surface area contributed by atoms with Crippen molar-refractivity contribution < 1.29 is 4.52 Å². The fraction of sp³-hybridized carbons (Fsp3) is 0.312. The molecule has 0 radical (unpaired) electrons. The van der Waals surface area contributed by atoms with Crippen molar-refractivity contribution in [2.24, 2.45) is 0 Å². The highest BCUT2D eigenvalue weighted by Crippen LogP contribution is 2.34. The molecule has 0 aliphatic heterocycles. The van der Waals surface area contributed by atoms with Crippen LogP contribution in [0.5, 0.6) is 0 Å². The second-order valence-corrected chi connectivity index (χ2v) is 7.34. The van der Waals surface area contributed by atoms with Gasteiger partial charge in [0, 0.05) is 29.0 Å². The lowest BCUT2D eigenvalue weighted by atomic mass is 10.3. The summed E-state index contributed by atoms with van der Waals surface area (Å²) in [5.74, 6) is 1.41. The van der Waals surface area contributed by atoms with Crippen LogP contribution in [-0.2, 0) is 6.42 Å². The van der Waals surface area contributed by atoms with Gasteiger partial charge < -0.3 is 4.52 Å². The lowest BCUT2D eigenvalue weighted by Crippen LogP contribution is -1.97. The van der Waals surface area contributed by atoms with E-state index < -0.39 is 0 Å². The van der Waals surface area contributed by atoms with Crippen LogP contribution in [0.1, 0.15) is 37.2 Å². The summed E-state index contributed by atoms with van der Waals surface area (Å²) >= 11 is 5.06. The van der Waals surface area contributed by atoms with Gasteiger partial charge in [0.05, 0.1) is 5.25 Å². The number of nitrogens with zero attached hydrogens (tertiary/aromatic N) is 4. The number of aromatic nitrogens is 4. The minimum atomic E-state index is 0.0460. The van der Waals surface area contributed by atoms with Crippen molar-refractivity contribution in [1.29, 1.82) is 0 Å². The Morgan fingerprint density at radius 2 is 2.09 bits per heavy atom. The Morgan fingerprint density at radius 3 is 2.83 bits per heavy atom. The van der Waals surface area contributed by atoms with E-state index in [0.717, 1.165) is 34.0 Å². The molecule has 2 aromatic heterocycles. The van der Waals surface area contributed by atoms with E-state index in [1.54, 1.807) is 18.0 Å². The highest BCUT2D eigenvalue weighted by molar-refractivity contribution is 9.10. The number of hydrogen-bond donors (Lipinski definition) is 0. The summed E-state index contributed by atoms with van der Waals surface area (Å²) in [7, 11) is 0. The van der Waals surface area contributed by atoms with E-state index in [9.17, 15) is 0 Å². The molecule has 0 amide bonds. The molecule has 5 nitrogen and oxygen atoms in total. The van der Waals surface area contributed by atoms with Crippen molar-refractivity contribution in [2.75, 3.05) is 0 Å². The van der Waals surface area contributed by atoms with Crippen molar-refractivity contribution in [2.45, 2.75) is 37.1 Å². The van der Waals surface area contributed by atoms with Gasteiger partial charge in [0.25, 0.3) is 0 Å². The van der Waals surface area contributed by atoms with Gasteiger partial charge in [0.1, 0.15) is 0 Å². The smallest absolute Gasteiger partial charge is 0.239 e. The summed E-state index contributed by atoms with van der Waals surface area (Å²) in [5.41, 5.74) is 1.07. The summed E-state index contributed by atoms with van der Waals surface area (Å²) < 4.78 is 8.47. The van der Waals surface area contributed by atoms with Crippen LogP contribution in [0.25, 0.3) is 5.69 Å². The number of aryl methyl sites for hydroxylation is 1. The summed E-state index contributed by atoms with van der Waals surface area (Å²) in [6, 6.07) is 8.13. The number of benzene rings is 1. The van der Waals surface area contributed by atoms with Crippen LogP contribution >= 0.6 is 27.7 Å². The topological polar surface area (TPSA) is 56.7 Å². The van der Waals surface area contributed by atoms with Crippen molar-refractivity contribution in [3.8, 4) is 5.69 Å². The number of imidazole rings is 1. The molecule has 120 valence electrons. The van der Waals surface area contributed by atoms with E-state index in [1.165, 1.54) is 0 Å². The highest BCUT2D eigenvalue weighted by Gasteiger charge is 2.18. The summed E-state index contributed by atoms with van der Waals surface area (Å²) in [6.07, 6.45) is 5.60. The molecular weight excluding hydrogens is 376 g/mol. The Labute approximate surface area is 147 Å². The first-order valence-corrected chi connectivity index (χ1v) is 9.13. The zero-order chi connectivity index (χ0) is 16.2. The molecule has 0 spiro atoms. The van der Waals surface area contributed by atoms with Crippen LogP contribution < -0.4 is 0 Å². The fourth-order valence-corrected chi connectivity index (χ4v) is 3.32. The van der Waals surface area contributed by atoms with Gasteiger partial charge in [0.15, 0.2) is 11.0 Å². The highest BCUT2D eigenvalue weighted by atomic mass is 79.9. The van der Waals surface area contributed by atoms with Crippen LogP contribution in [0.15, 0.2) is 50.8 Å². The van der Waals surface area contributed by atoms with E-state index in [1.807, 2.05) is 30.5 Å². The number of hydrogen-bond acceptors (Lipinski definition) is 5. The second kappa shape index (κ2) is 7.31. The van der Waals surface area contributed by atoms with Gasteiger partial charge in [-0.25, -0.2) is 4.98 Å².